The molecule has 0 aliphatic carbocycles. The number of rotatable bonds is 4. The van der Waals surface area contributed by atoms with Gasteiger partial charge in [-0.25, -0.2) is 4.79 Å². The molecule has 0 saturated heterocycles. The second-order valence-corrected chi connectivity index (χ2v) is 6.78. The minimum atomic E-state index is -0.527. The molecule has 0 heterocycles. The van der Waals surface area contributed by atoms with Gasteiger partial charge in [-0.1, -0.05) is 18.3 Å². The molecular formula is C11H19BrN2O2S. The van der Waals surface area contributed by atoms with Gasteiger partial charge in [-0.2, -0.15) is 0 Å². The maximum Gasteiger partial charge on any atom is 0.415 e. The number of hydrogen-bond acceptors (Lipinski definition) is 4. The van der Waals surface area contributed by atoms with Crippen LogP contribution in [-0.4, -0.2) is 23.1 Å². The molecule has 0 aliphatic heterocycles. The molecule has 2 N–H and O–H groups in total. The number of amides is 1. The summed E-state index contributed by atoms with van der Waals surface area (Å²) in [6.45, 7) is 11.5. The highest BCUT2D eigenvalue weighted by atomic mass is 79.9. The molecule has 4 nitrogen and oxygen atoms in total. The van der Waals surface area contributed by atoms with Crippen LogP contribution in [-0.2, 0) is 4.74 Å². The third-order valence-corrected chi connectivity index (χ3v) is 2.83. The van der Waals surface area contributed by atoms with E-state index in [4.69, 9.17) is 10.5 Å². The van der Waals surface area contributed by atoms with Gasteiger partial charge >= 0.3 is 6.09 Å². The maximum atomic E-state index is 11.9. The van der Waals surface area contributed by atoms with E-state index < -0.39 is 11.7 Å². The van der Waals surface area contributed by atoms with E-state index in [1.165, 1.54) is 22.9 Å². The van der Waals surface area contributed by atoms with Gasteiger partial charge in [-0.3, -0.25) is 4.90 Å². The number of carbonyl (C=O) groups excluding carboxylic acids is 1. The van der Waals surface area contributed by atoms with E-state index in [9.17, 15) is 4.79 Å². The summed E-state index contributed by atoms with van der Waals surface area (Å²) in [5.74, 6) is 0. The summed E-state index contributed by atoms with van der Waals surface area (Å²) in [7, 11) is 0. The van der Waals surface area contributed by atoms with Crippen LogP contribution in [0.25, 0.3) is 0 Å². The van der Waals surface area contributed by atoms with Crippen molar-refractivity contribution in [3.05, 3.63) is 21.6 Å². The second-order valence-electron chi connectivity index (χ2n) is 4.19. The van der Waals surface area contributed by atoms with Gasteiger partial charge in [-0.15, -0.1) is 0 Å². The van der Waals surface area contributed by atoms with E-state index in [-0.39, 0.29) is 0 Å². The van der Waals surface area contributed by atoms with Gasteiger partial charge in [0.25, 0.3) is 0 Å². The summed E-state index contributed by atoms with van der Waals surface area (Å²) in [6, 6.07) is 0. The number of halogens is 1. The molecular weight excluding hydrogens is 304 g/mol. The van der Waals surface area contributed by atoms with Crippen LogP contribution in [0.2, 0.25) is 0 Å². The van der Waals surface area contributed by atoms with Gasteiger partial charge in [0.15, 0.2) is 0 Å². The van der Waals surface area contributed by atoms with Crippen molar-refractivity contribution in [1.29, 1.82) is 0 Å². The summed E-state index contributed by atoms with van der Waals surface area (Å²) < 4.78 is 5.96. The van der Waals surface area contributed by atoms with Crippen LogP contribution >= 0.6 is 27.7 Å². The number of carbonyl (C=O) groups is 1. The zero-order chi connectivity index (χ0) is 13.6. The Balaban J connectivity index is 4.81. The molecule has 0 rings (SSSR count). The van der Waals surface area contributed by atoms with Crippen LogP contribution in [0.1, 0.15) is 27.7 Å². The number of thioether (sulfide) groups is 1. The van der Waals surface area contributed by atoms with Crippen LogP contribution in [0.4, 0.5) is 4.79 Å². The first-order valence-corrected chi connectivity index (χ1v) is 6.77. The van der Waals surface area contributed by atoms with Crippen molar-refractivity contribution in [1.82, 2.24) is 4.90 Å². The molecule has 0 saturated carbocycles. The third kappa shape index (κ3) is 6.63. The molecule has 0 aromatic heterocycles. The smallest absolute Gasteiger partial charge is 0.415 e. The molecule has 0 radical (unpaired) electrons. The van der Waals surface area contributed by atoms with Crippen molar-refractivity contribution in [3.8, 4) is 0 Å². The van der Waals surface area contributed by atoms with Crippen molar-refractivity contribution < 1.29 is 9.53 Å². The van der Waals surface area contributed by atoms with Crippen LogP contribution < -0.4 is 5.73 Å². The fourth-order valence-electron chi connectivity index (χ4n) is 0.984. The van der Waals surface area contributed by atoms with Gasteiger partial charge in [0.1, 0.15) is 10.6 Å². The first kappa shape index (κ1) is 16.4. The lowest BCUT2D eigenvalue weighted by Gasteiger charge is -2.27. The summed E-state index contributed by atoms with van der Waals surface area (Å²) in [5, 5.41) is 0.587. The Kier molecular flexibility index (Phi) is 6.70. The summed E-state index contributed by atoms with van der Waals surface area (Å²) in [6.07, 6.45) is 0.947. The van der Waals surface area contributed by atoms with Crippen molar-refractivity contribution in [2.75, 3.05) is 6.54 Å². The molecule has 17 heavy (non-hydrogen) atoms. The minimum absolute atomic E-state index is 0.419. The van der Waals surface area contributed by atoms with Crippen LogP contribution in [0.15, 0.2) is 21.6 Å². The lowest BCUT2D eigenvalue weighted by molar-refractivity contribution is 0.0336. The fraction of sp³-hybridized carbons (Fsp3) is 0.545. The summed E-state index contributed by atoms with van der Waals surface area (Å²) in [4.78, 5) is 13.4. The second kappa shape index (κ2) is 6.96. The van der Waals surface area contributed by atoms with Crippen molar-refractivity contribution in [3.63, 3.8) is 0 Å². The van der Waals surface area contributed by atoms with E-state index in [0.717, 1.165) is 0 Å². The Labute approximate surface area is 115 Å². The van der Waals surface area contributed by atoms with Gasteiger partial charge in [0.05, 0.1) is 0 Å². The average Bonchev–Trinajstić information content (AvgIpc) is 2.13. The van der Waals surface area contributed by atoms with E-state index in [2.05, 4.69) is 22.5 Å². The predicted octanol–water partition coefficient (Wildman–Crippen LogP) is 3.60. The van der Waals surface area contributed by atoms with Crippen LogP contribution in [0.3, 0.4) is 0 Å². The maximum absolute atomic E-state index is 11.9. The molecule has 98 valence electrons. The van der Waals surface area contributed by atoms with Gasteiger partial charge in [0, 0.05) is 16.6 Å². The molecule has 0 aliphatic rings. The standard InChI is InChI=1S/C11H19BrN2O2S/c1-6-14(9(7-13)17-8(2)12)10(15)16-11(3,4)5/h7H,2,6,13H2,1,3-5H3/b9-7-. The topological polar surface area (TPSA) is 55.6 Å². The highest BCUT2D eigenvalue weighted by molar-refractivity contribution is 9.14. The molecule has 1 amide bonds. The Bertz CT molecular complexity index is 324. The molecule has 6 heteroatoms. The zero-order valence-electron chi connectivity index (χ0n) is 10.6. The van der Waals surface area contributed by atoms with Crippen molar-refractivity contribution in [2.24, 2.45) is 5.73 Å². The Morgan fingerprint density at radius 2 is 2.12 bits per heavy atom. The molecule has 0 bridgehead atoms. The van der Waals surface area contributed by atoms with Crippen molar-refractivity contribution >= 4 is 33.8 Å². The molecule has 0 aromatic carbocycles. The molecule has 0 atom stereocenters. The monoisotopic (exact) mass is 322 g/mol. The first-order chi connectivity index (χ1) is 7.71. The van der Waals surface area contributed by atoms with Crippen LogP contribution in [0, 0.1) is 0 Å². The Morgan fingerprint density at radius 1 is 1.59 bits per heavy atom. The molecule has 0 spiro atoms. The fourth-order valence-corrected chi connectivity index (χ4v) is 2.09. The van der Waals surface area contributed by atoms with E-state index in [1.54, 1.807) is 0 Å². The number of hydrogen-bond donors (Lipinski definition) is 1. The average molecular weight is 323 g/mol. The summed E-state index contributed by atoms with van der Waals surface area (Å²) in [5.41, 5.74) is 4.98. The Morgan fingerprint density at radius 3 is 2.41 bits per heavy atom. The predicted molar refractivity (Wildman–Crippen MR) is 76.5 cm³/mol. The van der Waals surface area contributed by atoms with Gasteiger partial charge in [0.2, 0.25) is 0 Å². The SMILES string of the molecule is C=C(Br)S/C(=C\N)N(CC)C(=O)OC(C)(C)C. The number of ether oxygens (including phenoxy) is 1. The first-order valence-electron chi connectivity index (χ1n) is 5.16. The zero-order valence-corrected chi connectivity index (χ0v) is 13.0. The highest BCUT2D eigenvalue weighted by Crippen LogP contribution is 2.30. The Hall–Kier alpha value is -0.620. The highest BCUT2D eigenvalue weighted by Gasteiger charge is 2.24. The lowest BCUT2D eigenvalue weighted by Crippen LogP contribution is -2.35. The van der Waals surface area contributed by atoms with Crippen LogP contribution in [0.5, 0.6) is 0 Å². The van der Waals surface area contributed by atoms with Crippen molar-refractivity contribution in [2.45, 2.75) is 33.3 Å². The summed E-state index contributed by atoms with van der Waals surface area (Å²) >= 11 is 4.49. The largest absolute Gasteiger partial charge is 0.443 e. The quantitative estimate of drug-likeness (QED) is 0.859. The van der Waals surface area contributed by atoms with E-state index >= 15 is 0 Å². The van der Waals surface area contributed by atoms with E-state index in [1.807, 2.05) is 27.7 Å². The molecule has 0 unspecified atom stereocenters. The van der Waals surface area contributed by atoms with Gasteiger partial charge < -0.3 is 10.5 Å². The van der Waals surface area contributed by atoms with E-state index in [0.29, 0.717) is 15.4 Å². The third-order valence-electron chi connectivity index (χ3n) is 1.55. The molecule has 0 fully saturated rings. The minimum Gasteiger partial charge on any atom is -0.443 e. The normalized spacial score (nSPS) is 12.2. The number of nitrogens with zero attached hydrogens (tertiary/aromatic N) is 1. The number of nitrogens with two attached hydrogens (primary N) is 1. The van der Waals surface area contributed by atoms with Gasteiger partial charge in [-0.05, 0) is 43.6 Å². The lowest BCUT2D eigenvalue weighted by atomic mass is 10.2. The molecule has 0 aromatic rings.